The number of nitriles is 1. The van der Waals surface area contributed by atoms with Crippen molar-refractivity contribution in [2.24, 2.45) is 0 Å². The summed E-state index contributed by atoms with van der Waals surface area (Å²) in [4.78, 5) is 0. The van der Waals surface area contributed by atoms with Crippen LogP contribution in [0.25, 0.3) is 11.1 Å². The molecular formula is C20H15N3. The van der Waals surface area contributed by atoms with E-state index in [4.69, 9.17) is 10.7 Å². The Kier molecular flexibility index (Phi) is 4.17. The molecule has 0 fully saturated rings. The van der Waals surface area contributed by atoms with Gasteiger partial charge in [-0.15, -0.1) is 0 Å². The fourth-order valence-corrected chi connectivity index (χ4v) is 2.49. The Morgan fingerprint density at radius 1 is 0.783 bits per heavy atom. The molecule has 0 unspecified atom stereocenters. The predicted octanol–water partition coefficient (Wildman–Crippen LogP) is 4.66. The summed E-state index contributed by atoms with van der Waals surface area (Å²) in [6.45, 7) is 0. The predicted molar refractivity (Wildman–Crippen MR) is 93.5 cm³/mol. The average Bonchev–Trinajstić information content (AvgIpc) is 2.63. The van der Waals surface area contributed by atoms with Gasteiger partial charge in [-0.25, -0.2) is 0 Å². The normalized spacial score (nSPS) is 9.87. The van der Waals surface area contributed by atoms with Crippen molar-refractivity contribution >= 4 is 11.4 Å². The van der Waals surface area contributed by atoms with Crippen LogP contribution in [-0.2, 0) is 0 Å². The summed E-state index contributed by atoms with van der Waals surface area (Å²) >= 11 is 0. The largest absolute Gasteiger partial charge is 0.300 e. The summed E-state index contributed by atoms with van der Waals surface area (Å²) in [5, 5.41) is 19.9. The Morgan fingerprint density at radius 2 is 1.39 bits per heavy atom. The molecule has 0 aliphatic carbocycles. The molecule has 0 aliphatic rings. The molecule has 3 aromatic carbocycles. The zero-order valence-corrected chi connectivity index (χ0v) is 12.5. The van der Waals surface area contributed by atoms with Gasteiger partial charge >= 0.3 is 0 Å². The molecule has 23 heavy (non-hydrogen) atoms. The van der Waals surface area contributed by atoms with E-state index in [1.54, 1.807) is 6.07 Å². The topological polar surface area (TPSA) is 59.7 Å². The zero-order chi connectivity index (χ0) is 16.1. The minimum absolute atomic E-state index is 0.392. The number of benzene rings is 3. The van der Waals surface area contributed by atoms with Crippen molar-refractivity contribution in [2.45, 2.75) is 0 Å². The molecule has 3 aromatic rings. The summed E-state index contributed by atoms with van der Waals surface area (Å²) in [5.41, 5.74) is 4.83. The van der Waals surface area contributed by atoms with E-state index in [1.807, 2.05) is 66.9 Å². The lowest BCUT2D eigenvalue weighted by Gasteiger charge is -2.10. The summed E-state index contributed by atoms with van der Waals surface area (Å²) in [5.74, 6) is 0. The molecule has 0 aliphatic heterocycles. The Morgan fingerprint density at radius 3 is 2.09 bits per heavy atom. The van der Waals surface area contributed by atoms with Gasteiger partial charge in [0.15, 0.2) is 6.19 Å². The van der Waals surface area contributed by atoms with Crippen LogP contribution in [0.1, 0.15) is 11.1 Å². The standard InChI is InChI=1S/C20H15N3/c21-14-23-19-9-5-4-8-18(19)20(22)17-12-10-16(11-13-17)15-6-2-1-3-7-15/h1-13,22-23H. The number of para-hydroxylation sites is 1. The third-order valence-electron chi connectivity index (χ3n) is 3.67. The quantitative estimate of drug-likeness (QED) is 0.418. The minimum atomic E-state index is 0.392. The maximum atomic E-state index is 8.83. The first-order chi connectivity index (χ1) is 11.3. The highest BCUT2D eigenvalue weighted by Gasteiger charge is 2.09. The number of rotatable bonds is 4. The molecule has 0 saturated heterocycles. The maximum absolute atomic E-state index is 8.83. The summed E-state index contributed by atoms with van der Waals surface area (Å²) in [7, 11) is 0. The fourth-order valence-electron chi connectivity index (χ4n) is 2.49. The van der Waals surface area contributed by atoms with Gasteiger partial charge in [-0.3, -0.25) is 10.7 Å². The molecule has 0 bridgehead atoms. The highest BCUT2D eigenvalue weighted by molar-refractivity contribution is 6.14. The molecule has 110 valence electrons. The second-order valence-electron chi connectivity index (χ2n) is 5.10. The van der Waals surface area contributed by atoms with Crippen LogP contribution in [0.3, 0.4) is 0 Å². The van der Waals surface area contributed by atoms with Crippen LogP contribution in [0, 0.1) is 16.9 Å². The van der Waals surface area contributed by atoms with E-state index in [0.29, 0.717) is 17.0 Å². The van der Waals surface area contributed by atoms with Crippen molar-refractivity contribution in [2.75, 3.05) is 5.32 Å². The van der Waals surface area contributed by atoms with Gasteiger partial charge in [-0.1, -0.05) is 72.8 Å². The molecular weight excluding hydrogens is 282 g/mol. The fraction of sp³-hybridized carbons (Fsp3) is 0. The molecule has 0 aromatic heterocycles. The van der Waals surface area contributed by atoms with E-state index in [2.05, 4.69) is 17.4 Å². The van der Waals surface area contributed by atoms with Gasteiger partial charge in [0.25, 0.3) is 0 Å². The third kappa shape index (κ3) is 3.12. The van der Waals surface area contributed by atoms with Crippen molar-refractivity contribution in [1.82, 2.24) is 0 Å². The lowest BCUT2D eigenvalue weighted by atomic mass is 9.98. The number of anilines is 1. The molecule has 2 N–H and O–H groups in total. The summed E-state index contributed by atoms with van der Waals surface area (Å²) in [6.07, 6.45) is 1.91. The molecule has 0 heterocycles. The molecule has 3 nitrogen and oxygen atoms in total. The molecule has 3 rings (SSSR count). The van der Waals surface area contributed by atoms with E-state index in [1.165, 1.54) is 0 Å². The van der Waals surface area contributed by atoms with E-state index in [-0.39, 0.29) is 0 Å². The monoisotopic (exact) mass is 297 g/mol. The number of hydrogen-bond acceptors (Lipinski definition) is 3. The molecule has 0 radical (unpaired) electrons. The highest BCUT2D eigenvalue weighted by Crippen LogP contribution is 2.22. The zero-order valence-electron chi connectivity index (χ0n) is 12.5. The van der Waals surface area contributed by atoms with Gasteiger partial charge in [-0.2, -0.15) is 5.26 Å². The van der Waals surface area contributed by atoms with Crippen molar-refractivity contribution in [3.63, 3.8) is 0 Å². The smallest absolute Gasteiger partial charge is 0.181 e. The SMILES string of the molecule is N#CNc1ccccc1C(=N)c1ccc(-c2ccccc2)cc1. The Bertz CT molecular complexity index is 859. The van der Waals surface area contributed by atoms with Crippen LogP contribution in [0.2, 0.25) is 0 Å². The van der Waals surface area contributed by atoms with Crippen LogP contribution in [-0.4, -0.2) is 5.71 Å². The lowest BCUT2D eigenvalue weighted by molar-refractivity contribution is 1.43. The van der Waals surface area contributed by atoms with Crippen LogP contribution >= 0.6 is 0 Å². The number of hydrogen-bond donors (Lipinski definition) is 2. The van der Waals surface area contributed by atoms with E-state index in [9.17, 15) is 0 Å². The van der Waals surface area contributed by atoms with Gasteiger partial charge in [0, 0.05) is 11.1 Å². The van der Waals surface area contributed by atoms with Gasteiger partial charge in [0.05, 0.1) is 11.4 Å². The van der Waals surface area contributed by atoms with Gasteiger partial charge in [0.1, 0.15) is 0 Å². The molecule has 3 heteroatoms. The second-order valence-corrected chi connectivity index (χ2v) is 5.10. The summed E-state index contributed by atoms with van der Waals surface area (Å²) < 4.78 is 0. The third-order valence-corrected chi connectivity index (χ3v) is 3.67. The first-order valence-electron chi connectivity index (χ1n) is 7.28. The Balaban J connectivity index is 1.91. The number of nitrogens with one attached hydrogen (secondary N) is 2. The Labute approximate surface area is 135 Å². The van der Waals surface area contributed by atoms with E-state index in [0.717, 1.165) is 16.7 Å². The maximum Gasteiger partial charge on any atom is 0.181 e. The van der Waals surface area contributed by atoms with Crippen molar-refractivity contribution in [3.05, 3.63) is 90.0 Å². The molecule has 0 atom stereocenters. The first-order valence-corrected chi connectivity index (χ1v) is 7.28. The minimum Gasteiger partial charge on any atom is -0.300 e. The highest BCUT2D eigenvalue weighted by atomic mass is 14.9. The summed E-state index contributed by atoms with van der Waals surface area (Å²) in [6, 6.07) is 25.4. The average molecular weight is 297 g/mol. The molecule has 0 amide bonds. The number of nitrogens with zero attached hydrogens (tertiary/aromatic N) is 1. The van der Waals surface area contributed by atoms with Crippen LogP contribution in [0.5, 0.6) is 0 Å². The first kappa shape index (κ1) is 14.6. The van der Waals surface area contributed by atoms with Gasteiger partial charge < -0.3 is 0 Å². The lowest BCUT2D eigenvalue weighted by Crippen LogP contribution is -2.05. The Hall–Kier alpha value is -3.38. The second kappa shape index (κ2) is 6.59. The van der Waals surface area contributed by atoms with Crippen LogP contribution in [0.4, 0.5) is 5.69 Å². The van der Waals surface area contributed by atoms with Crippen molar-refractivity contribution in [1.29, 1.82) is 10.7 Å². The van der Waals surface area contributed by atoms with Gasteiger partial charge in [-0.05, 0) is 17.2 Å². The van der Waals surface area contributed by atoms with Crippen molar-refractivity contribution < 1.29 is 0 Å². The van der Waals surface area contributed by atoms with Crippen LogP contribution in [0.15, 0.2) is 78.9 Å². The van der Waals surface area contributed by atoms with Crippen molar-refractivity contribution in [3.8, 4) is 17.3 Å². The molecule has 0 saturated carbocycles. The van der Waals surface area contributed by atoms with E-state index >= 15 is 0 Å². The van der Waals surface area contributed by atoms with Gasteiger partial charge in [0.2, 0.25) is 0 Å². The van der Waals surface area contributed by atoms with E-state index < -0.39 is 0 Å². The van der Waals surface area contributed by atoms with Crippen LogP contribution < -0.4 is 5.32 Å². The molecule has 0 spiro atoms.